The number of ether oxygens (including phenoxy) is 1. The van der Waals surface area contributed by atoms with Gasteiger partial charge in [0.15, 0.2) is 0 Å². The number of aromatic nitrogens is 1. The van der Waals surface area contributed by atoms with Crippen LogP contribution in [0.5, 0.6) is 0 Å². The largest absolute Gasteiger partial charge is 0.462 e. The number of cyclic esters (lactones) is 1. The van der Waals surface area contributed by atoms with Crippen LogP contribution in [0.1, 0.15) is 62.0 Å². The van der Waals surface area contributed by atoms with Crippen molar-refractivity contribution in [1.29, 1.82) is 0 Å². The maximum Gasteiger partial charge on any atom is 0.308 e. The molecular weight excluding hydrogens is 471 g/mol. The lowest BCUT2D eigenvalue weighted by Crippen LogP contribution is -2.33. The molecule has 1 fully saturated rings. The highest BCUT2D eigenvalue weighted by atomic mass is 19.1. The highest BCUT2D eigenvalue weighted by Crippen LogP contribution is 2.42. The summed E-state index contributed by atoms with van der Waals surface area (Å²) in [7, 11) is 0. The van der Waals surface area contributed by atoms with E-state index in [1.807, 2.05) is 44.2 Å². The molecule has 0 aliphatic carbocycles. The Morgan fingerprint density at radius 2 is 1.84 bits per heavy atom. The lowest BCUT2D eigenvalue weighted by molar-refractivity contribution is -0.160. The van der Waals surface area contributed by atoms with Crippen LogP contribution in [0.15, 0.2) is 66.9 Å². The number of carbonyl (C=O) groups excluding carboxylic acids is 2. The van der Waals surface area contributed by atoms with E-state index in [1.165, 1.54) is 12.1 Å². The Balaban J connectivity index is 1.95. The molecule has 2 unspecified atom stereocenters. The average Bonchev–Trinajstić information content (AvgIpc) is 3.18. The second kappa shape index (κ2) is 11.1. The van der Waals surface area contributed by atoms with Crippen molar-refractivity contribution in [2.75, 3.05) is 0 Å². The van der Waals surface area contributed by atoms with E-state index in [2.05, 4.69) is 16.5 Å². The van der Waals surface area contributed by atoms with Gasteiger partial charge in [-0.3, -0.25) is 9.59 Å². The molecule has 0 bridgehead atoms. The van der Waals surface area contributed by atoms with Crippen molar-refractivity contribution in [1.82, 2.24) is 9.88 Å². The van der Waals surface area contributed by atoms with Crippen molar-refractivity contribution in [2.24, 2.45) is 0 Å². The number of nitrogens with zero attached hydrogens (tertiary/aromatic N) is 1. The number of esters is 1. The van der Waals surface area contributed by atoms with Gasteiger partial charge in [-0.05, 0) is 48.2 Å². The molecule has 2 aromatic carbocycles. The summed E-state index contributed by atoms with van der Waals surface area (Å²) < 4.78 is 21.5. The smallest absolute Gasteiger partial charge is 0.308 e. The van der Waals surface area contributed by atoms with Gasteiger partial charge in [-0.25, -0.2) is 4.39 Å². The zero-order valence-corrected chi connectivity index (χ0v) is 21.5. The monoisotopic (exact) mass is 504 g/mol. The second-order valence-corrected chi connectivity index (χ2v) is 9.89. The molecule has 37 heavy (non-hydrogen) atoms. The van der Waals surface area contributed by atoms with Gasteiger partial charge < -0.3 is 19.7 Å². The molecule has 2 atom stereocenters. The molecule has 0 spiro atoms. The van der Waals surface area contributed by atoms with Crippen molar-refractivity contribution >= 4 is 11.9 Å². The molecule has 194 valence electrons. The molecule has 0 saturated carbocycles. The molecule has 2 N–H and O–H groups in total. The molecule has 3 aromatic rings. The van der Waals surface area contributed by atoms with E-state index in [-0.39, 0.29) is 24.1 Å². The van der Waals surface area contributed by atoms with Crippen molar-refractivity contribution in [3.8, 4) is 22.4 Å². The van der Waals surface area contributed by atoms with Crippen molar-refractivity contribution in [2.45, 2.75) is 64.7 Å². The molecule has 1 aromatic heterocycles. The fourth-order valence-corrected chi connectivity index (χ4v) is 5.06. The van der Waals surface area contributed by atoms with Crippen LogP contribution in [-0.4, -0.2) is 33.8 Å². The first-order chi connectivity index (χ1) is 17.7. The summed E-state index contributed by atoms with van der Waals surface area (Å²) in [5, 5.41) is 13.0. The van der Waals surface area contributed by atoms with Gasteiger partial charge in [0, 0.05) is 36.3 Å². The molecule has 1 amide bonds. The van der Waals surface area contributed by atoms with Gasteiger partial charge in [-0.15, -0.1) is 0 Å². The molecule has 0 radical (unpaired) electrons. The second-order valence-electron chi connectivity index (χ2n) is 9.89. The summed E-state index contributed by atoms with van der Waals surface area (Å²) in [5.74, 6) is -1.07. The molecular formula is C30H33FN2O4. The van der Waals surface area contributed by atoms with E-state index in [9.17, 15) is 19.1 Å². The summed E-state index contributed by atoms with van der Waals surface area (Å²) in [6, 6.07) is 15.9. The van der Waals surface area contributed by atoms with E-state index >= 15 is 0 Å². The van der Waals surface area contributed by atoms with Gasteiger partial charge in [0.05, 0.1) is 23.8 Å². The predicted molar refractivity (Wildman–Crippen MR) is 141 cm³/mol. The number of hydrogen-bond donors (Lipinski definition) is 2. The summed E-state index contributed by atoms with van der Waals surface area (Å²) in [6.45, 7) is 10.1. The van der Waals surface area contributed by atoms with Crippen LogP contribution >= 0.6 is 0 Å². The van der Waals surface area contributed by atoms with Crippen LogP contribution in [0, 0.1) is 5.82 Å². The lowest BCUT2D eigenvalue weighted by atomic mass is 9.94. The number of halogens is 1. The van der Waals surface area contributed by atoms with E-state index in [1.54, 1.807) is 19.1 Å². The number of aliphatic hydroxyl groups excluding tert-OH is 1. The molecule has 4 rings (SSSR count). The summed E-state index contributed by atoms with van der Waals surface area (Å²) in [6.07, 6.45) is -0.339. The number of nitrogens with one attached hydrogen (secondary N) is 1. The van der Waals surface area contributed by atoms with E-state index < -0.39 is 18.2 Å². The Hall–Kier alpha value is -3.71. The highest BCUT2D eigenvalue weighted by Gasteiger charge is 2.32. The summed E-state index contributed by atoms with van der Waals surface area (Å²) in [5.41, 5.74) is 5.02. The number of benzene rings is 2. The fourth-order valence-electron chi connectivity index (χ4n) is 5.06. The third-order valence-electron chi connectivity index (χ3n) is 6.49. The zero-order valence-electron chi connectivity index (χ0n) is 21.5. The van der Waals surface area contributed by atoms with Crippen molar-refractivity contribution in [3.05, 3.63) is 83.9 Å². The molecule has 1 aliphatic heterocycles. The number of rotatable bonds is 8. The quantitative estimate of drug-likeness (QED) is 0.380. The van der Waals surface area contributed by atoms with Crippen LogP contribution in [0.25, 0.3) is 22.4 Å². The predicted octanol–water partition coefficient (Wildman–Crippen LogP) is 5.80. The maximum atomic E-state index is 13.9. The zero-order chi connectivity index (χ0) is 26.7. The van der Waals surface area contributed by atoms with Crippen LogP contribution in [-0.2, 0) is 16.1 Å². The molecule has 2 heterocycles. The van der Waals surface area contributed by atoms with E-state index in [4.69, 9.17) is 4.74 Å². The van der Waals surface area contributed by atoms with Gasteiger partial charge >= 0.3 is 5.97 Å². The number of hydrogen-bond acceptors (Lipinski definition) is 4. The minimum absolute atomic E-state index is 0.00146. The number of aliphatic hydroxyl groups is 1. The SMILES string of the molecule is C=C(C)NC(=O)c1c(-c2ccccc2)c(-c2ccc(F)cc2)n(CCC2CC(O)CC(=O)O2)c1C(C)C. The van der Waals surface area contributed by atoms with Crippen molar-refractivity contribution in [3.63, 3.8) is 0 Å². The Labute approximate surface area is 216 Å². The van der Waals surface area contributed by atoms with E-state index in [0.717, 1.165) is 28.1 Å². The maximum absolute atomic E-state index is 13.9. The molecule has 1 saturated heterocycles. The third kappa shape index (κ3) is 5.83. The molecule has 6 nitrogen and oxygen atoms in total. The number of allylic oxidation sites excluding steroid dienone is 1. The van der Waals surface area contributed by atoms with E-state index in [0.29, 0.717) is 30.6 Å². The van der Waals surface area contributed by atoms with Crippen LogP contribution in [0.2, 0.25) is 0 Å². The van der Waals surface area contributed by atoms with Gasteiger partial charge in [-0.1, -0.05) is 50.8 Å². The standard InChI is InChI=1S/C30H33FN2O4/c1-18(2)28-27(30(36)32-19(3)4)26(20-8-6-5-7-9-20)29(21-10-12-22(31)13-11-21)33(28)15-14-24-16-23(34)17-25(35)37-24/h5-13,18,23-24,34H,3,14-17H2,1-2,4H3,(H,32,36). The van der Waals surface area contributed by atoms with Gasteiger partial charge in [0.25, 0.3) is 5.91 Å². The van der Waals surface area contributed by atoms with Crippen LogP contribution < -0.4 is 5.32 Å². The Kier molecular flexibility index (Phi) is 7.93. The first-order valence-corrected chi connectivity index (χ1v) is 12.6. The average molecular weight is 505 g/mol. The van der Waals surface area contributed by atoms with Gasteiger partial charge in [0.1, 0.15) is 11.9 Å². The normalized spacial score (nSPS) is 17.5. The first kappa shape index (κ1) is 26.4. The minimum atomic E-state index is -0.728. The van der Waals surface area contributed by atoms with Crippen LogP contribution in [0.3, 0.4) is 0 Å². The van der Waals surface area contributed by atoms with Crippen molar-refractivity contribution < 1.29 is 23.8 Å². The Morgan fingerprint density at radius 3 is 2.43 bits per heavy atom. The lowest BCUT2D eigenvalue weighted by Gasteiger charge is -2.27. The topological polar surface area (TPSA) is 80.6 Å². The molecule has 7 heteroatoms. The fraction of sp³-hybridized carbons (Fsp3) is 0.333. The Morgan fingerprint density at radius 1 is 1.16 bits per heavy atom. The number of carbonyl (C=O) groups is 2. The summed E-state index contributed by atoms with van der Waals surface area (Å²) >= 11 is 0. The summed E-state index contributed by atoms with van der Waals surface area (Å²) in [4.78, 5) is 25.6. The minimum Gasteiger partial charge on any atom is -0.462 e. The highest BCUT2D eigenvalue weighted by molar-refractivity contribution is 6.07. The molecule has 1 aliphatic rings. The van der Waals surface area contributed by atoms with Gasteiger partial charge in [0.2, 0.25) is 0 Å². The Bertz CT molecular complexity index is 1300. The third-order valence-corrected chi connectivity index (χ3v) is 6.49. The van der Waals surface area contributed by atoms with Gasteiger partial charge in [-0.2, -0.15) is 0 Å². The number of amides is 1. The van der Waals surface area contributed by atoms with Crippen LogP contribution in [0.4, 0.5) is 4.39 Å². The first-order valence-electron chi connectivity index (χ1n) is 12.6.